The molecule has 0 bridgehead atoms. The third kappa shape index (κ3) is 2.26. The Morgan fingerprint density at radius 3 is 2.25 bits per heavy atom. The van der Waals surface area contributed by atoms with E-state index < -0.39 is 30.0 Å². The van der Waals surface area contributed by atoms with Gasteiger partial charge in [0.15, 0.2) is 5.71 Å². The molecule has 7 nitrogen and oxygen atoms in total. The molecule has 1 N–H and O–H groups in total. The fourth-order valence-electron chi connectivity index (χ4n) is 2.32. The number of hydrogen-bond acceptors (Lipinski definition) is 5. The number of hydrogen-bond donors (Lipinski definition) is 1. The normalized spacial score (nSPS) is 19.4. The first-order valence-corrected chi connectivity index (χ1v) is 8.48. The summed E-state index contributed by atoms with van der Waals surface area (Å²) >= 11 is 0. The SMILES string of the molecule is CC1=[N+](C)c2c(cc(S(=O)(=O)O)cc2S(=O)(=O)[O-])C1C. The van der Waals surface area contributed by atoms with Gasteiger partial charge < -0.3 is 4.55 Å². The number of rotatable bonds is 2. The van der Waals surface area contributed by atoms with Gasteiger partial charge in [0.05, 0.1) is 10.8 Å². The van der Waals surface area contributed by atoms with E-state index in [4.69, 9.17) is 4.55 Å². The Morgan fingerprint density at radius 2 is 1.80 bits per heavy atom. The van der Waals surface area contributed by atoms with Gasteiger partial charge in [-0.25, -0.2) is 13.0 Å². The van der Waals surface area contributed by atoms with Gasteiger partial charge in [-0.15, -0.1) is 0 Å². The van der Waals surface area contributed by atoms with Gasteiger partial charge in [0, 0.05) is 12.5 Å². The molecule has 1 aromatic rings. The van der Waals surface area contributed by atoms with Crippen molar-refractivity contribution in [2.45, 2.75) is 29.6 Å². The molecule has 0 fully saturated rings. The third-order valence-electron chi connectivity index (χ3n) is 3.60. The lowest BCUT2D eigenvalue weighted by Crippen LogP contribution is -2.09. The van der Waals surface area contributed by atoms with Crippen LogP contribution in [0.25, 0.3) is 0 Å². The second-order valence-corrected chi connectivity index (χ2v) is 7.48. The number of nitrogens with zero attached hydrogens (tertiary/aromatic N) is 1. The molecule has 20 heavy (non-hydrogen) atoms. The van der Waals surface area contributed by atoms with Gasteiger partial charge in [-0.3, -0.25) is 4.55 Å². The minimum atomic E-state index is -4.87. The molecule has 1 atom stereocenters. The molecule has 1 heterocycles. The zero-order chi connectivity index (χ0) is 15.5. The van der Waals surface area contributed by atoms with Crippen LogP contribution >= 0.6 is 0 Å². The molecule has 0 saturated heterocycles. The van der Waals surface area contributed by atoms with Crippen LogP contribution in [0.3, 0.4) is 0 Å². The van der Waals surface area contributed by atoms with Crippen molar-refractivity contribution in [3.63, 3.8) is 0 Å². The summed E-state index contributed by atoms with van der Waals surface area (Å²) in [7, 11) is -7.87. The summed E-state index contributed by atoms with van der Waals surface area (Å²) in [5.74, 6) is -0.253. The van der Waals surface area contributed by atoms with Crippen molar-refractivity contribution in [1.29, 1.82) is 0 Å². The van der Waals surface area contributed by atoms with Crippen LogP contribution in [0.1, 0.15) is 25.3 Å². The maximum absolute atomic E-state index is 11.4. The summed E-state index contributed by atoms with van der Waals surface area (Å²) in [5, 5.41) is 0. The van der Waals surface area contributed by atoms with Crippen LogP contribution in [0.4, 0.5) is 5.69 Å². The monoisotopic (exact) mass is 319 g/mol. The first kappa shape index (κ1) is 15.1. The van der Waals surface area contributed by atoms with E-state index in [0.717, 1.165) is 5.71 Å². The van der Waals surface area contributed by atoms with Gasteiger partial charge in [0.25, 0.3) is 10.1 Å². The summed E-state index contributed by atoms with van der Waals surface area (Å²) in [6, 6.07) is 1.88. The van der Waals surface area contributed by atoms with E-state index in [1.54, 1.807) is 25.5 Å². The molecule has 0 aromatic heterocycles. The van der Waals surface area contributed by atoms with Crippen LogP contribution in [-0.4, -0.2) is 43.3 Å². The van der Waals surface area contributed by atoms with Crippen molar-refractivity contribution in [1.82, 2.24) is 0 Å². The Balaban J connectivity index is 2.95. The third-order valence-corrected chi connectivity index (χ3v) is 5.28. The molecular formula is C11H13NO6S2. The predicted molar refractivity (Wildman–Crippen MR) is 69.2 cm³/mol. The van der Waals surface area contributed by atoms with E-state index in [0.29, 0.717) is 11.6 Å². The molecule has 0 radical (unpaired) electrons. The Morgan fingerprint density at radius 1 is 1.25 bits per heavy atom. The molecule has 1 aliphatic heterocycles. The molecule has 0 aliphatic carbocycles. The minimum absolute atomic E-state index is 0.164. The quantitative estimate of drug-likeness (QED) is 0.633. The second kappa shape index (κ2) is 4.35. The molecule has 110 valence electrons. The second-order valence-electron chi connectivity index (χ2n) is 4.71. The lowest BCUT2D eigenvalue weighted by atomic mass is 9.99. The highest BCUT2D eigenvalue weighted by Gasteiger charge is 2.37. The summed E-state index contributed by atoms with van der Waals surface area (Å²) < 4.78 is 67.2. The van der Waals surface area contributed by atoms with Crippen molar-refractivity contribution >= 4 is 31.6 Å². The van der Waals surface area contributed by atoms with E-state index in [9.17, 15) is 21.4 Å². The van der Waals surface area contributed by atoms with Crippen molar-refractivity contribution in [2.75, 3.05) is 7.05 Å². The summed E-state index contributed by atoms with van der Waals surface area (Å²) in [5.41, 5.74) is 1.32. The van der Waals surface area contributed by atoms with Gasteiger partial charge in [0.2, 0.25) is 5.69 Å². The first-order valence-electron chi connectivity index (χ1n) is 5.63. The topological polar surface area (TPSA) is 115 Å². The molecule has 0 saturated carbocycles. The summed E-state index contributed by atoms with van der Waals surface area (Å²) in [4.78, 5) is -1.24. The highest BCUT2D eigenvalue weighted by molar-refractivity contribution is 7.86. The molecular weight excluding hydrogens is 306 g/mol. The standard InChI is InChI=1S/C11H13NO6S2/c1-6-7(2)12(3)11-9(6)4-8(19(13,14)15)5-10(11)20(16,17)18/h4-6H,1-3H3,(H-,13,14,15,16,17,18). The van der Waals surface area contributed by atoms with Crippen molar-refractivity contribution in [2.24, 2.45) is 0 Å². The highest BCUT2D eigenvalue weighted by Crippen LogP contribution is 2.40. The van der Waals surface area contributed by atoms with E-state index in [-0.39, 0.29) is 11.6 Å². The Kier molecular flexibility index (Phi) is 3.29. The summed E-state index contributed by atoms with van der Waals surface area (Å²) in [6.07, 6.45) is 0. The molecule has 1 unspecified atom stereocenters. The zero-order valence-corrected chi connectivity index (χ0v) is 12.6. The lowest BCUT2D eigenvalue weighted by molar-refractivity contribution is -0.405. The van der Waals surface area contributed by atoms with Gasteiger partial charge in [-0.1, -0.05) is 0 Å². The largest absolute Gasteiger partial charge is 0.744 e. The van der Waals surface area contributed by atoms with Crippen molar-refractivity contribution in [3.8, 4) is 0 Å². The van der Waals surface area contributed by atoms with E-state index in [2.05, 4.69) is 0 Å². The van der Waals surface area contributed by atoms with Crippen LogP contribution in [0.15, 0.2) is 21.9 Å². The van der Waals surface area contributed by atoms with E-state index in [1.165, 1.54) is 6.07 Å². The molecule has 0 spiro atoms. The first-order chi connectivity index (χ1) is 8.94. The maximum Gasteiger partial charge on any atom is 0.294 e. The van der Waals surface area contributed by atoms with Crippen LogP contribution in [-0.2, 0) is 20.2 Å². The lowest BCUT2D eigenvalue weighted by Gasteiger charge is -2.11. The zero-order valence-electron chi connectivity index (χ0n) is 11.0. The fraction of sp³-hybridized carbons (Fsp3) is 0.364. The van der Waals surface area contributed by atoms with Gasteiger partial charge >= 0.3 is 0 Å². The maximum atomic E-state index is 11.4. The number of fused-ring (bicyclic) bond motifs is 1. The van der Waals surface area contributed by atoms with Gasteiger partial charge in [-0.05, 0) is 19.1 Å². The van der Waals surface area contributed by atoms with Crippen molar-refractivity contribution < 1.29 is 30.5 Å². The van der Waals surface area contributed by atoms with E-state index in [1.807, 2.05) is 0 Å². The molecule has 1 aliphatic rings. The van der Waals surface area contributed by atoms with Gasteiger partial charge in [0.1, 0.15) is 22.1 Å². The molecule has 2 rings (SSSR count). The number of benzene rings is 1. The Bertz CT molecular complexity index is 836. The predicted octanol–water partition coefficient (Wildman–Crippen LogP) is 0.689. The molecule has 1 aromatic carbocycles. The molecule has 0 amide bonds. The fourth-order valence-corrected chi connectivity index (χ4v) is 3.70. The van der Waals surface area contributed by atoms with Crippen LogP contribution in [0, 0.1) is 0 Å². The minimum Gasteiger partial charge on any atom is -0.744 e. The van der Waals surface area contributed by atoms with Crippen molar-refractivity contribution in [3.05, 3.63) is 17.7 Å². The van der Waals surface area contributed by atoms with E-state index >= 15 is 0 Å². The van der Waals surface area contributed by atoms with Crippen LogP contribution in [0.2, 0.25) is 0 Å². The van der Waals surface area contributed by atoms with Crippen LogP contribution < -0.4 is 0 Å². The Hall–Kier alpha value is -1.29. The highest BCUT2D eigenvalue weighted by atomic mass is 32.2. The Labute approximate surface area is 117 Å². The average Bonchev–Trinajstić information content (AvgIpc) is 2.51. The molecule has 9 heteroatoms. The smallest absolute Gasteiger partial charge is 0.294 e. The summed E-state index contributed by atoms with van der Waals surface area (Å²) in [6.45, 7) is 3.51. The average molecular weight is 319 g/mol. The van der Waals surface area contributed by atoms with Crippen LogP contribution in [0.5, 0.6) is 0 Å². The van der Waals surface area contributed by atoms with Gasteiger partial charge in [-0.2, -0.15) is 8.42 Å².